The number of para-hydroxylation sites is 1. The molecule has 0 N–H and O–H groups in total. The van der Waals surface area contributed by atoms with Crippen LogP contribution in [0.3, 0.4) is 0 Å². The van der Waals surface area contributed by atoms with Crippen LogP contribution in [0.25, 0.3) is 11.0 Å². The zero-order valence-electron chi connectivity index (χ0n) is 12.0. The number of unbranched alkanes of at least 4 members (excludes halogenated alkanes) is 1. The molecule has 110 valence electrons. The summed E-state index contributed by atoms with van der Waals surface area (Å²) < 4.78 is 1.33. The summed E-state index contributed by atoms with van der Waals surface area (Å²) in [4.78, 5) is 26.3. The molecule has 1 unspecified atom stereocenters. The maximum Gasteiger partial charge on any atom is 0.254 e. The van der Waals surface area contributed by atoms with Crippen LogP contribution in [-0.2, 0) is 4.79 Å². The Morgan fingerprint density at radius 3 is 3.00 bits per heavy atom. The zero-order chi connectivity index (χ0) is 14.8. The van der Waals surface area contributed by atoms with E-state index in [1.165, 1.54) is 4.68 Å². The van der Waals surface area contributed by atoms with E-state index in [4.69, 9.17) is 0 Å². The molecular weight excluding hydrogens is 268 g/mol. The Morgan fingerprint density at radius 1 is 1.38 bits per heavy atom. The van der Waals surface area contributed by atoms with E-state index in [0.717, 1.165) is 19.4 Å². The average Bonchev–Trinajstić information content (AvgIpc) is 3.08. The van der Waals surface area contributed by atoms with E-state index in [1.54, 1.807) is 4.90 Å². The molecule has 6 nitrogen and oxygen atoms in total. The van der Waals surface area contributed by atoms with Crippen molar-refractivity contribution in [2.24, 2.45) is 5.92 Å². The third-order valence-electron chi connectivity index (χ3n) is 3.91. The maximum atomic E-state index is 12.6. The second kappa shape index (κ2) is 5.63. The minimum Gasteiger partial charge on any atom is -0.342 e. The molecule has 1 aliphatic rings. The van der Waals surface area contributed by atoms with Crippen LogP contribution < -0.4 is 0 Å². The van der Waals surface area contributed by atoms with E-state index in [0.29, 0.717) is 17.6 Å². The summed E-state index contributed by atoms with van der Waals surface area (Å²) in [6, 6.07) is 7.35. The van der Waals surface area contributed by atoms with Crippen LogP contribution in [0.5, 0.6) is 0 Å². The molecule has 2 heterocycles. The van der Waals surface area contributed by atoms with Gasteiger partial charge in [-0.25, -0.2) is 0 Å². The predicted octanol–water partition coefficient (Wildman–Crippen LogP) is 1.72. The Labute approximate surface area is 122 Å². The van der Waals surface area contributed by atoms with Gasteiger partial charge >= 0.3 is 0 Å². The SMILES string of the molecule is CCCCN1CC(C(=O)n2nnc3ccccc32)CC1=O. The molecule has 1 atom stereocenters. The van der Waals surface area contributed by atoms with Crippen LogP contribution >= 0.6 is 0 Å². The molecule has 2 aromatic rings. The first-order valence-corrected chi connectivity index (χ1v) is 7.33. The van der Waals surface area contributed by atoms with Crippen molar-refractivity contribution in [1.82, 2.24) is 19.9 Å². The van der Waals surface area contributed by atoms with Crippen molar-refractivity contribution in [3.05, 3.63) is 24.3 Å². The summed E-state index contributed by atoms with van der Waals surface area (Å²) in [7, 11) is 0. The number of rotatable bonds is 4. The molecule has 6 heteroatoms. The molecule has 1 aliphatic heterocycles. The second-order valence-corrected chi connectivity index (χ2v) is 5.42. The van der Waals surface area contributed by atoms with Crippen molar-refractivity contribution in [3.63, 3.8) is 0 Å². The van der Waals surface area contributed by atoms with Crippen molar-refractivity contribution >= 4 is 22.8 Å². The number of fused-ring (bicyclic) bond motifs is 1. The average molecular weight is 286 g/mol. The number of hydrogen-bond donors (Lipinski definition) is 0. The summed E-state index contributed by atoms with van der Waals surface area (Å²) in [5.74, 6) is -0.401. The molecular formula is C15H18N4O2. The van der Waals surface area contributed by atoms with Gasteiger partial charge in [-0.1, -0.05) is 30.7 Å². The largest absolute Gasteiger partial charge is 0.342 e. The number of hydrogen-bond acceptors (Lipinski definition) is 4. The van der Waals surface area contributed by atoms with E-state index in [9.17, 15) is 9.59 Å². The smallest absolute Gasteiger partial charge is 0.254 e. The van der Waals surface area contributed by atoms with Gasteiger partial charge in [-0.2, -0.15) is 4.68 Å². The Bertz CT molecular complexity index is 679. The van der Waals surface area contributed by atoms with Crippen molar-refractivity contribution in [3.8, 4) is 0 Å². The van der Waals surface area contributed by atoms with E-state index in [2.05, 4.69) is 17.2 Å². The molecule has 21 heavy (non-hydrogen) atoms. The molecule has 1 aromatic carbocycles. The van der Waals surface area contributed by atoms with Gasteiger partial charge in [-0.15, -0.1) is 5.10 Å². The first kappa shape index (κ1) is 13.7. The summed E-state index contributed by atoms with van der Waals surface area (Å²) >= 11 is 0. The topological polar surface area (TPSA) is 68.1 Å². The molecule has 1 aromatic heterocycles. The lowest BCUT2D eigenvalue weighted by molar-refractivity contribution is -0.127. The van der Waals surface area contributed by atoms with Gasteiger partial charge in [0.25, 0.3) is 5.91 Å². The molecule has 1 saturated heterocycles. The van der Waals surface area contributed by atoms with Gasteiger partial charge in [0.05, 0.1) is 11.4 Å². The van der Waals surface area contributed by atoms with Crippen LogP contribution in [0, 0.1) is 5.92 Å². The molecule has 0 bridgehead atoms. The molecule has 1 amide bonds. The third-order valence-corrected chi connectivity index (χ3v) is 3.91. The minimum atomic E-state index is -0.320. The molecule has 0 spiro atoms. The fraction of sp³-hybridized carbons (Fsp3) is 0.467. The van der Waals surface area contributed by atoms with Crippen LogP contribution in [0.4, 0.5) is 0 Å². The van der Waals surface area contributed by atoms with Crippen LogP contribution in [0.2, 0.25) is 0 Å². The van der Waals surface area contributed by atoms with Crippen LogP contribution in [-0.4, -0.2) is 44.8 Å². The van der Waals surface area contributed by atoms with Gasteiger partial charge in [0.1, 0.15) is 5.52 Å². The number of benzene rings is 1. The number of carbonyl (C=O) groups is 2. The number of nitrogens with zero attached hydrogens (tertiary/aromatic N) is 4. The van der Waals surface area contributed by atoms with Crippen molar-refractivity contribution in [1.29, 1.82) is 0 Å². The summed E-state index contributed by atoms with van der Waals surface area (Å²) in [5.41, 5.74) is 1.39. The summed E-state index contributed by atoms with van der Waals surface area (Å²) in [6.45, 7) is 3.31. The van der Waals surface area contributed by atoms with Gasteiger partial charge in [-0.3, -0.25) is 9.59 Å². The van der Waals surface area contributed by atoms with Crippen molar-refractivity contribution < 1.29 is 9.59 Å². The quantitative estimate of drug-likeness (QED) is 0.858. The highest BCUT2D eigenvalue weighted by atomic mass is 16.2. The number of likely N-dealkylation sites (tertiary alicyclic amines) is 1. The predicted molar refractivity (Wildman–Crippen MR) is 77.7 cm³/mol. The Balaban J connectivity index is 1.78. The number of aromatic nitrogens is 3. The third kappa shape index (κ3) is 2.53. The van der Waals surface area contributed by atoms with Gasteiger partial charge in [0.2, 0.25) is 5.91 Å². The van der Waals surface area contributed by atoms with Gasteiger partial charge < -0.3 is 4.90 Å². The normalized spacial score (nSPS) is 18.6. The van der Waals surface area contributed by atoms with Crippen LogP contribution in [0.15, 0.2) is 24.3 Å². The van der Waals surface area contributed by atoms with E-state index in [-0.39, 0.29) is 24.2 Å². The lowest BCUT2D eigenvalue weighted by atomic mass is 10.1. The molecule has 0 saturated carbocycles. The number of amides is 1. The molecule has 0 radical (unpaired) electrons. The second-order valence-electron chi connectivity index (χ2n) is 5.42. The summed E-state index contributed by atoms with van der Waals surface area (Å²) in [5, 5.41) is 7.93. The fourth-order valence-electron chi connectivity index (χ4n) is 2.71. The molecule has 3 rings (SSSR count). The van der Waals surface area contributed by atoms with E-state index >= 15 is 0 Å². The molecule has 1 fully saturated rings. The highest BCUT2D eigenvalue weighted by molar-refractivity contribution is 5.94. The van der Waals surface area contributed by atoms with Crippen molar-refractivity contribution in [2.75, 3.05) is 13.1 Å². The minimum absolute atomic E-state index is 0.0613. The first-order chi connectivity index (χ1) is 10.2. The fourth-order valence-corrected chi connectivity index (χ4v) is 2.71. The number of carbonyl (C=O) groups excluding carboxylic acids is 2. The Morgan fingerprint density at radius 2 is 2.19 bits per heavy atom. The van der Waals surface area contributed by atoms with Crippen molar-refractivity contribution in [2.45, 2.75) is 26.2 Å². The van der Waals surface area contributed by atoms with Gasteiger partial charge in [0, 0.05) is 19.5 Å². The maximum absolute atomic E-state index is 12.6. The highest BCUT2D eigenvalue weighted by Gasteiger charge is 2.35. The van der Waals surface area contributed by atoms with Crippen LogP contribution in [0.1, 0.15) is 31.0 Å². The van der Waals surface area contributed by atoms with Gasteiger partial charge in [-0.05, 0) is 18.6 Å². The Hall–Kier alpha value is -2.24. The Kier molecular flexibility index (Phi) is 3.68. The lowest BCUT2D eigenvalue weighted by Gasteiger charge is -2.15. The standard InChI is InChI=1S/C15H18N4O2/c1-2-3-8-18-10-11(9-14(18)20)15(21)19-13-7-5-4-6-12(13)16-17-19/h4-7,11H,2-3,8-10H2,1H3. The monoisotopic (exact) mass is 286 g/mol. The summed E-state index contributed by atoms with van der Waals surface area (Å²) in [6.07, 6.45) is 2.28. The zero-order valence-corrected chi connectivity index (χ0v) is 12.0. The highest BCUT2D eigenvalue weighted by Crippen LogP contribution is 2.21. The van der Waals surface area contributed by atoms with E-state index < -0.39 is 0 Å². The van der Waals surface area contributed by atoms with E-state index in [1.807, 2.05) is 24.3 Å². The molecule has 0 aliphatic carbocycles. The lowest BCUT2D eigenvalue weighted by Crippen LogP contribution is -2.29. The van der Waals surface area contributed by atoms with Gasteiger partial charge in [0.15, 0.2) is 0 Å². The first-order valence-electron chi connectivity index (χ1n) is 7.33.